The van der Waals surface area contributed by atoms with Crippen molar-refractivity contribution in [1.82, 2.24) is 0 Å². The minimum absolute atomic E-state index is 0.142. The van der Waals surface area contributed by atoms with Crippen LogP contribution in [0.5, 0.6) is 17.2 Å². The highest BCUT2D eigenvalue weighted by atomic mass is 16.5. The topological polar surface area (TPSA) is 83.1 Å². The number of carbonyl (C=O) groups is 2. The first kappa shape index (κ1) is 20.8. The lowest BCUT2D eigenvalue weighted by Gasteiger charge is -2.15. The smallest absolute Gasteiger partial charge is 0.340 e. The summed E-state index contributed by atoms with van der Waals surface area (Å²) >= 11 is 0. The summed E-state index contributed by atoms with van der Waals surface area (Å²) in [5.41, 5.74) is 1.61. The van der Waals surface area contributed by atoms with Gasteiger partial charge in [-0.05, 0) is 30.7 Å². The van der Waals surface area contributed by atoms with Gasteiger partial charge in [0.2, 0.25) is 0 Å². The van der Waals surface area contributed by atoms with Crippen molar-refractivity contribution in [3.8, 4) is 17.2 Å². The molecule has 2 aromatic rings. The molecule has 148 valence electrons. The number of rotatable bonds is 8. The van der Waals surface area contributed by atoms with Crippen molar-refractivity contribution in [2.75, 3.05) is 33.3 Å². The molecule has 0 unspecified atom stereocenters. The standard InChI is InChI=1S/C21H23NO6/c1-13(2)12-28-15-8-6-7-14(9-15)20(23)22-17-11-19(26-4)18(25-3)10-16(17)21(24)27-5/h6-11H,1,12H2,2-5H3,(H,22,23). The summed E-state index contributed by atoms with van der Waals surface area (Å²) in [6, 6.07) is 9.66. The molecule has 0 atom stereocenters. The highest BCUT2D eigenvalue weighted by Crippen LogP contribution is 2.34. The molecule has 1 amide bonds. The average Bonchev–Trinajstić information content (AvgIpc) is 2.71. The van der Waals surface area contributed by atoms with Crippen molar-refractivity contribution in [3.63, 3.8) is 0 Å². The van der Waals surface area contributed by atoms with Crippen LogP contribution in [0.3, 0.4) is 0 Å². The van der Waals surface area contributed by atoms with Gasteiger partial charge in [-0.1, -0.05) is 12.6 Å². The Balaban J connectivity index is 2.33. The number of benzene rings is 2. The van der Waals surface area contributed by atoms with Gasteiger partial charge in [-0.2, -0.15) is 0 Å². The third kappa shape index (κ3) is 5.03. The quantitative estimate of drug-likeness (QED) is 0.551. The molecule has 0 radical (unpaired) electrons. The molecule has 7 heteroatoms. The van der Waals surface area contributed by atoms with Crippen LogP contribution in [0, 0.1) is 0 Å². The van der Waals surface area contributed by atoms with Crippen molar-refractivity contribution in [1.29, 1.82) is 0 Å². The Labute approximate surface area is 163 Å². The van der Waals surface area contributed by atoms with Crippen LogP contribution < -0.4 is 19.5 Å². The van der Waals surface area contributed by atoms with Gasteiger partial charge in [-0.25, -0.2) is 4.79 Å². The number of anilines is 1. The summed E-state index contributed by atoms with van der Waals surface area (Å²) in [7, 11) is 4.17. The number of hydrogen-bond acceptors (Lipinski definition) is 6. The summed E-state index contributed by atoms with van der Waals surface area (Å²) < 4.78 is 20.8. The van der Waals surface area contributed by atoms with Gasteiger partial charge in [-0.3, -0.25) is 4.79 Å². The highest BCUT2D eigenvalue weighted by molar-refractivity contribution is 6.08. The third-order valence-corrected chi connectivity index (χ3v) is 3.76. The first-order valence-corrected chi connectivity index (χ1v) is 8.42. The van der Waals surface area contributed by atoms with Crippen molar-refractivity contribution in [2.45, 2.75) is 6.92 Å². The van der Waals surface area contributed by atoms with Gasteiger partial charge in [-0.15, -0.1) is 0 Å². The van der Waals surface area contributed by atoms with Crippen LogP contribution in [0.15, 0.2) is 48.6 Å². The lowest BCUT2D eigenvalue weighted by Crippen LogP contribution is -2.16. The number of hydrogen-bond donors (Lipinski definition) is 1. The minimum atomic E-state index is -0.616. The van der Waals surface area contributed by atoms with E-state index < -0.39 is 11.9 Å². The maximum absolute atomic E-state index is 12.7. The minimum Gasteiger partial charge on any atom is -0.493 e. The van der Waals surface area contributed by atoms with E-state index in [-0.39, 0.29) is 11.3 Å². The molecular formula is C21H23NO6. The monoisotopic (exact) mass is 385 g/mol. The van der Waals surface area contributed by atoms with Crippen LogP contribution in [0.1, 0.15) is 27.6 Å². The van der Waals surface area contributed by atoms with Crippen molar-refractivity contribution < 1.29 is 28.5 Å². The normalized spacial score (nSPS) is 10.0. The van der Waals surface area contributed by atoms with Crippen LogP contribution >= 0.6 is 0 Å². The first-order valence-electron chi connectivity index (χ1n) is 8.42. The number of ether oxygens (including phenoxy) is 4. The lowest BCUT2D eigenvalue weighted by molar-refractivity contribution is 0.0601. The number of carbonyl (C=O) groups excluding carboxylic acids is 2. The summed E-state index contributed by atoms with van der Waals surface area (Å²) in [4.78, 5) is 24.8. The van der Waals surface area contributed by atoms with Gasteiger partial charge >= 0.3 is 5.97 Å². The summed E-state index contributed by atoms with van der Waals surface area (Å²) in [5, 5.41) is 2.71. The van der Waals surface area contributed by atoms with Gasteiger partial charge in [0.25, 0.3) is 5.91 Å². The van der Waals surface area contributed by atoms with Crippen LogP contribution in [0.4, 0.5) is 5.69 Å². The molecule has 0 spiro atoms. The van der Waals surface area contributed by atoms with E-state index in [0.29, 0.717) is 29.4 Å². The number of methoxy groups -OCH3 is 3. The van der Waals surface area contributed by atoms with Gasteiger partial charge in [0.15, 0.2) is 11.5 Å². The summed E-state index contributed by atoms with van der Waals surface area (Å²) in [6.07, 6.45) is 0. The number of amides is 1. The van der Waals surface area contributed by atoms with Crippen LogP contribution in [-0.2, 0) is 4.74 Å². The summed E-state index contributed by atoms with van der Waals surface area (Å²) in [6.45, 7) is 5.98. The first-order chi connectivity index (χ1) is 13.4. The fourth-order valence-corrected chi connectivity index (χ4v) is 2.39. The van der Waals surface area contributed by atoms with Crippen molar-refractivity contribution in [2.24, 2.45) is 0 Å². The molecular weight excluding hydrogens is 362 g/mol. The Morgan fingerprint density at radius 2 is 1.71 bits per heavy atom. The average molecular weight is 385 g/mol. The van der Waals surface area contributed by atoms with Crippen LogP contribution in [0.25, 0.3) is 0 Å². The van der Waals surface area contributed by atoms with E-state index in [9.17, 15) is 9.59 Å². The zero-order valence-corrected chi connectivity index (χ0v) is 16.3. The Morgan fingerprint density at radius 1 is 1.04 bits per heavy atom. The Kier molecular flexibility index (Phi) is 7.03. The number of nitrogens with one attached hydrogen (secondary N) is 1. The van der Waals surface area contributed by atoms with Crippen molar-refractivity contribution in [3.05, 3.63) is 59.7 Å². The Hall–Kier alpha value is -3.48. The second kappa shape index (κ2) is 9.45. The fourth-order valence-electron chi connectivity index (χ4n) is 2.39. The van der Waals surface area contributed by atoms with Gasteiger partial charge < -0.3 is 24.3 Å². The molecule has 28 heavy (non-hydrogen) atoms. The second-order valence-electron chi connectivity index (χ2n) is 5.97. The summed E-state index contributed by atoms with van der Waals surface area (Å²) in [5.74, 6) is 0.212. The predicted molar refractivity (Wildman–Crippen MR) is 106 cm³/mol. The molecule has 2 aromatic carbocycles. The molecule has 0 heterocycles. The largest absolute Gasteiger partial charge is 0.493 e. The van der Waals surface area contributed by atoms with Crippen molar-refractivity contribution >= 4 is 17.6 Å². The van der Waals surface area contributed by atoms with E-state index in [2.05, 4.69) is 11.9 Å². The highest BCUT2D eigenvalue weighted by Gasteiger charge is 2.19. The molecule has 0 aromatic heterocycles. The second-order valence-corrected chi connectivity index (χ2v) is 5.97. The molecule has 2 rings (SSSR count). The molecule has 0 aliphatic carbocycles. The molecule has 0 fully saturated rings. The van der Waals surface area contributed by atoms with E-state index in [1.54, 1.807) is 24.3 Å². The zero-order valence-electron chi connectivity index (χ0n) is 16.3. The van der Waals surface area contributed by atoms with Gasteiger partial charge in [0, 0.05) is 17.7 Å². The van der Waals surface area contributed by atoms with Gasteiger partial charge in [0.05, 0.1) is 32.6 Å². The molecule has 0 saturated heterocycles. The molecule has 0 aliphatic rings. The molecule has 0 saturated carbocycles. The molecule has 7 nitrogen and oxygen atoms in total. The zero-order chi connectivity index (χ0) is 20.7. The van der Waals surface area contributed by atoms with E-state index in [1.807, 2.05) is 6.92 Å². The molecule has 0 aliphatic heterocycles. The fraction of sp³-hybridized carbons (Fsp3) is 0.238. The van der Waals surface area contributed by atoms with E-state index >= 15 is 0 Å². The van der Waals surface area contributed by atoms with Gasteiger partial charge in [0.1, 0.15) is 12.4 Å². The van der Waals surface area contributed by atoms with E-state index in [4.69, 9.17) is 18.9 Å². The lowest BCUT2D eigenvalue weighted by atomic mass is 10.1. The Bertz CT molecular complexity index is 890. The number of esters is 1. The van der Waals surface area contributed by atoms with E-state index in [1.165, 1.54) is 33.5 Å². The molecule has 1 N–H and O–H groups in total. The maximum atomic E-state index is 12.7. The third-order valence-electron chi connectivity index (χ3n) is 3.76. The molecule has 0 bridgehead atoms. The van der Waals surface area contributed by atoms with E-state index in [0.717, 1.165) is 5.57 Å². The Morgan fingerprint density at radius 3 is 2.32 bits per heavy atom. The van der Waals surface area contributed by atoms with Crippen LogP contribution in [0.2, 0.25) is 0 Å². The predicted octanol–water partition coefficient (Wildman–Crippen LogP) is 3.70. The van der Waals surface area contributed by atoms with Crippen LogP contribution in [-0.4, -0.2) is 39.8 Å². The maximum Gasteiger partial charge on any atom is 0.340 e. The SMILES string of the molecule is C=C(C)COc1cccc(C(=O)Nc2cc(OC)c(OC)cc2C(=O)OC)c1.